The van der Waals surface area contributed by atoms with Crippen molar-refractivity contribution in [3.63, 3.8) is 0 Å². The van der Waals surface area contributed by atoms with E-state index in [1.807, 2.05) is 0 Å². The lowest BCUT2D eigenvalue weighted by Crippen LogP contribution is -2.32. The fourth-order valence-corrected chi connectivity index (χ4v) is 3.25. The monoisotopic (exact) mass is 494 g/mol. The molecule has 192 valence electrons. The number of hydrogen-bond acceptors (Lipinski definition) is 4. The maximum atomic E-state index is 13.0. The van der Waals surface area contributed by atoms with Crippen molar-refractivity contribution < 1.29 is 35.9 Å². The highest BCUT2D eigenvalue weighted by Gasteiger charge is 2.45. The topological polar surface area (TPSA) is 40.6 Å². The number of ketones is 2. The van der Waals surface area contributed by atoms with Crippen molar-refractivity contribution in [1.29, 1.82) is 0 Å². The summed E-state index contributed by atoms with van der Waals surface area (Å²) < 4.78 is 78.3. The second-order valence-corrected chi connectivity index (χ2v) is 10.3. The summed E-state index contributed by atoms with van der Waals surface area (Å²) in [6.07, 6.45) is -3.67. The van der Waals surface area contributed by atoms with Crippen molar-refractivity contribution in [2.75, 3.05) is 14.1 Å². The first-order chi connectivity index (χ1) is 15.1. The molecule has 0 unspecified atom stereocenters. The molecule has 10 heteroatoms. The fourth-order valence-electron chi connectivity index (χ4n) is 3.25. The quantitative estimate of drug-likeness (QED) is 0.311. The van der Waals surface area contributed by atoms with Crippen LogP contribution in [-0.2, 0) is 9.59 Å². The number of alkyl halides is 6. The molecular weight excluding hydrogens is 462 g/mol. The maximum Gasteiger partial charge on any atom is 0.454 e. The second kappa shape index (κ2) is 10.00. The summed E-state index contributed by atoms with van der Waals surface area (Å²) in [5.74, 6) is -3.82. The molecule has 0 amide bonds. The predicted octanol–water partition coefficient (Wildman–Crippen LogP) is 6.53. The summed E-state index contributed by atoms with van der Waals surface area (Å²) in [7, 11) is 3.06. The molecule has 1 aliphatic carbocycles. The van der Waals surface area contributed by atoms with Crippen LogP contribution in [0.3, 0.4) is 0 Å². The van der Waals surface area contributed by atoms with Crippen molar-refractivity contribution in [2.45, 2.75) is 66.7 Å². The zero-order valence-corrected chi connectivity index (χ0v) is 20.7. The minimum absolute atomic E-state index is 0.368. The molecule has 0 saturated carbocycles. The minimum atomic E-state index is -5.00. The van der Waals surface area contributed by atoms with Crippen LogP contribution in [0.5, 0.6) is 0 Å². The van der Waals surface area contributed by atoms with E-state index in [-0.39, 0.29) is 0 Å². The van der Waals surface area contributed by atoms with Crippen LogP contribution in [0.15, 0.2) is 47.1 Å². The van der Waals surface area contributed by atoms with Gasteiger partial charge in [-0.3, -0.25) is 9.59 Å². The number of allylic oxidation sites excluding steroid dienone is 6. The van der Waals surface area contributed by atoms with Crippen molar-refractivity contribution in [3.8, 4) is 0 Å². The van der Waals surface area contributed by atoms with Gasteiger partial charge in [0.05, 0.1) is 0 Å². The molecule has 0 bridgehead atoms. The zero-order chi connectivity index (χ0) is 26.9. The second-order valence-electron chi connectivity index (χ2n) is 10.3. The smallest absolute Gasteiger partial charge is 0.354 e. The summed E-state index contributed by atoms with van der Waals surface area (Å²) in [6.45, 7) is 9.08. The van der Waals surface area contributed by atoms with Gasteiger partial charge in [-0.2, -0.15) is 26.3 Å². The molecule has 4 nitrogen and oxygen atoms in total. The van der Waals surface area contributed by atoms with Gasteiger partial charge in [0.2, 0.25) is 0 Å². The van der Waals surface area contributed by atoms with E-state index in [1.165, 1.54) is 77.8 Å². The van der Waals surface area contributed by atoms with Gasteiger partial charge in [-0.1, -0.05) is 41.5 Å². The average Bonchev–Trinajstić information content (AvgIpc) is 2.65. The lowest BCUT2D eigenvalue weighted by Gasteiger charge is -2.30. The van der Waals surface area contributed by atoms with Crippen LogP contribution in [0, 0.1) is 10.8 Å². The molecular formula is C24H32F6N2O2. The maximum absolute atomic E-state index is 13.0. The van der Waals surface area contributed by atoms with Gasteiger partial charge in [-0.15, -0.1) is 0 Å². The average molecular weight is 495 g/mol. The molecule has 0 aliphatic heterocycles. The molecule has 0 aromatic heterocycles. The number of nitrogens with zero attached hydrogens (tertiary/aromatic N) is 2. The normalized spacial score (nSPS) is 16.6. The summed E-state index contributed by atoms with van der Waals surface area (Å²) in [5.41, 5.74) is -1.62. The standard InChI is InChI=1S/C24H32F6N2O2/c1-21(2,3)17(19(33)23(25,26)27)13-31(7)15-9-11-16(12-10-15)32(8)14-18(22(4,5)6)20(34)24(28,29)30/h9,11,13-14H,10,12H2,1-8H3/b17-13-,18-14-. The highest BCUT2D eigenvalue weighted by atomic mass is 19.4. The third-order valence-electron chi connectivity index (χ3n) is 5.28. The third-order valence-corrected chi connectivity index (χ3v) is 5.28. The molecule has 0 N–H and O–H groups in total. The van der Waals surface area contributed by atoms with E-state index >= 15 is 0 Å². The van der Waals surface area contributed by atoms with Crippen LogP contribution in [0.25, 0.3) is 0 Å². The van der Waals surface area contributed by atoms with Gasteiger partial charge >= 0.3 is 12.4 Å². The first-order valence-electron chi connectivity index (χ1n) is 10.6. The summed E-state index contributed by atoms with van der Waals surface area (Å²) >= 11 is 0. The number of carbonyl (C=O) groups excluding carboxylic acids is 2. The Balaban J connectivity index is 3.27. The van der Waals surface area contributed by atoms with Crippen LogP contribution in [0.2, 0.25) is 0 Å². The van der Waals surface area contributed by atoms with Gasteiger partial charge in [0.25, 0.3) is 11.6 Å². The molecule has 0 fully saturated rings. The lowest BCUT2D eigenvalue weighted by atomic mass is 9.84. The van der Waals surface area contributed by atoms with E-state index in [4.69, 9.17) is 0 Å². The van der Waals surface area contributed by atoms with Gasteiger partial charge in [0.1, 0.15) is 0 Å². The number of halogens is 6. The Morgan fingerprint density at radius 3 is 1.12 bits per heavy atom. The molecule has 0 atom stereocenters. The SMILES string of the molecule is CN(/C=C(/C(=O)C(F)(F)F)C(C)(C)C)C1=CC=C(N(C)/C=C(/C(=O)C(F)(F)F)C(C)(C)C)CC1. The van der Waals surface area contributed by atoms with Gasteiger partial charge in [0, 0.05) is 49.0 Å². The predicted molar refractivity (Wildman–Crippen MR) is 118 cm³/mol. The molecule has 0 radical (unpaired) electrons. The van der Waals surface area contributed by atoms with Gasteiger partial charge in [-0.25, -0.2) is 0 Å². The molecule has 0 aromatic rings. The Morgan fingerprint density at radius 2 is 0.941 bits per heavy atom. The first-order valence-corrected chi connectivity index (χ1v) is 10.6. The highest BCUT2D eigenvalue weighted by molar-refractivity contribution is 6.01. The number of hydrogen-bond donors (Lipinski definition) is 0. The van der Waals surface area contributed by atoms with Crippen molar-refractivity contribution in [3.05, 3.63) is 47.1 Å². The van der Waals surface area contributed by atoms with Gasteiger partial charge in [0.15, 0.2) is 0 Å². The van der Waals surface area contributed by atoms with Gasteiger partial charge < -0.3 is 9.80 Å². The molecule has 0 heterocycles. The van der Waals surface area contributed by atoms with E-state index in [9.17, 15) is 35.9 Å². The Labute approximate surface area is 196 Å². The van der Waals surface area contributed by atoms with Crippen molar-refractivity contribution in [1.82, 2.24) is 9.80 Å². The summed E-state index contributed by atoms with van der Waals surface area (Å²) in [5, 5.41) is 0. The van der Waals surface area contributed by atoms with Crippen LogP contribution in [-0.4, -0.2) is 47.8 Å². The van der Waals surface area contributed by atoms with E-state index in [1.54, 1.807) is 12.2 Å². The van der Waals surface area contributed by atoms with Crippen LogP contribution < -0.4 is 0 Å². The number of rotatable bonds is 6. The molecule has 0 saturated heterocycles. The molecule has 1 rings (SSSR count). The Morgan fingerprint density at radius 1 is 0.676 bits per heavy atom. The van der Waals surface area contributed by atoms with Crippen molar-refractivity contribution in [2.24, 2.45) is 10.8 Å². The number of carbonyl (C=O) groups is 2. The largest absolute Gasteiger partial charge is 0.454 e. The van der Waals surface area contributed by atoms with Gasteiger partial charge in [-0.05, 0) is 35.8 Å². The molecule has 1 aliphatic rings. The molecule has 34 heavy (non-hydrogen) atoms. The third kappa shape index (κ3) is 7.77. The van der Waals surface area contributed by atoms with E-state index in [0.29, 0.717) is 24.2 Å². The van der Waals surface area contributed by atoms with Crippen LogP contribution in [0.4, 0.5) is 26.3 Å². The lowest BCUT2D eigenvalue weighted by molar-refractivity contribution is -0.167. The van der Waals surface area contributed by atoms with Crippen LogP contribution in [0.1, 0.15) is 54.4 Å². The molecule has 0 aromatic carbocycles. The van der Waals surface area contributed by atoms with Crippen molar-refractivity contribution >= 4 is 11.6 Å². The Kier molecular flexibility index (Phi) is 8.68. The number of Topliss-reactive ketones (excluding diaryl/α,β-unsaturated/α-hetero) is 2. The minimum Gasteiger partial charge on any atom is -0.354 e. The van der Waals surface area contributed by atoms with E-state index < -0.39 is 45.9 Å². The Bertz CT molecular complexity index is 847. The zero-order valence-electron chi connectivity index (χ0n) is 20.7. The first kappa shape index (κ1) is 29.5. The molecule has 0 spiro atoms. The van der Waals surface area contributed by atoms with E-state index in [2.05, 4.69) is 0 Å². The highest BCUT2D eigenvalue weighted by Crippen LogP contribution is 2.35. The fraction of sp³-hybridized carbons (Fsp3) is 0.583. The van der Waals surface area contributed by atoms with Crippen LogP contribution >= 0.6 is 0 Å². The Hall–Kier alpha value is -2.52. The summed E-state index contributed by atoms with van der Waals surface area (Å²) in [4.78, 5) is 26.7. The summed E-state index contributed by atoms with van der Waals surface area (Å²) in [6, 6.07) is 0. The van der Waals surface area contributed by atoms with E-state index in [0.717, 1.165) is 0 Å².